The number of rotatable bonds is 6. The van der Waals surface area contributed by atoms with Crippen molar-refractivity contribution in [2.45, 2.75) is 32.4 Å². The Kier molecular flexibility index (Phi) is 6.25. The number of hydrogen-bond acceptors (Lipinski definition) is 5. The second-order valence-corrected chi connectivity index (χ2v) is 9.70. The van der Waals surface area contributed by atoms with Gasteiger partial charge < -0.3 is 19.0 Å². The predicted octanol–water partition coefficient (Wildman–Crippen LogP) is 3.01. The van der Waals surface area contributed by atoms with Crippen molar-refractivity contribution in [3.8, 4) is 0 Å². The first-order chi connectivity index (χ1) is 16.1. The van der Waals surface area contributed by atoms with Gasteiger partial charge in [-0.05, 0) is 42.4 Å². The number of benzene rings is 1. The summed E-state index contributed by atoms with van der Waals surface area (Å²) in [7, 11) is 1.60. The van der Waals surface area contributed by atoms with E-state index in [0.717, 1.165) is 52.0 Å². The third-order valence-electron chi connectivity index (χ3n) is 7.63. The Labute approximate surface area is 195 Å². The maximum Gasteiger partial charge on any atom is 0.289 e. The van der Waals surface area contributed by atoms with E-state index in [9.17, 15) is 9.59 Å². The molecule has 5 rings (SSSR count). The molecule has 3 fully saturated rings. The van der Waals surface area contributed by atoms with Gasteiger partial charge in [0, 0.05) is 58.8 Å². The molecule has 1 aliphatic carbocycles. The van der Waals surface area contributed by atoms with Gasteiger partial charge in [0.05, 0.1) is 0 Å². The fourth-order valence-electron chi connectivity index (χ4n) is 5.46. The Hall–Kier alpha value is -2.64. The fraction of sp³-hybridized carbons (Fsp3) is 0.538. The first-order valence-electron chi connectivity index (χ1n) is 12.0. The molecule has 2 aliphatic heterocycles. The molecule has 3 aliphatic rings. The van der Waals surface area contributed by atoms with Crippen LogP contribution in [0.1, 0.15) is 41.1 Å². The quantitative estimate of drug-likeness (QED) is 0.676. The molecule has 0 radical (unpaired) electrons. The minimum Gasteiger partial charge on any atom is -0.453 e. The SMILES string of the molecule is COCc1ccc(C(=O)N2CCC3(CC2)C[C@@H]3C(=O)N2CCN(Cc3ccccc3)CC2)o1. The molecule has 7 heteroatoms. The maximum atomic E-state index is 13.2. The van der Waals surface area contributed by atoms with Crippen molar-refractivity contribution < 1.29 is 18.7 Å². The minimum atomic E-state index is -0.0646. The highest BCUT2D eigenvalue weighted by Crippen LogP contribution is 2.60. The molecule has 2 saturated heterocycles. The van der Waals surface area contributed by atoms with Crippen LogP contribution < -0.4 is 0 Å². The van der Waals surface area contributed by atoms with Gasteiger partial charge in [0.25, 0.3) is 5.91 Å². The van der Waals surface area contributed by atoms with Crippen molar-refractivity contribution in [2.24, 2.45) is 11.3 Å². The summed E-state index contributed by atoms with van der Waals surface area (Å²) >= 11 is 0. The number of amides is 2. The summed E-state index contributed by atoms with van der Waals surface area (Å²) in [6.07, 6.45) is 2.76. The number of methoxy groups -OCH3 is 1. The molecule has 1 spiro atoms. The van der Waals surface area contributed by atoms with Gasteiger partial charge in [0.2, 0.25) is 5.91 Å². The molecule has 176 valence electrons. The molecule has 33 heavy (non-hydrogen) atoms. The highest BCUT2D eigenvalue weighted by Gasteiger charge is 2.59. The Morgan fingerprint density at radius 1 is 0.970 bits per heavy atom. The minimum absolute atomic E-state index is 0.0646. The van der Waals surface area contributed by atoms with E-state index < -0.39 is 0 Å². The number of furan rings is 1. The average Bonchev–Trinajstić information content (AvgIpc) is 3.33. The third kappa shape index (κ3) is 4.70. The summed E-state index contributed by atoms with van der Waals surface area (Å²) < 4.78 is 10.7. The molecule has 1 saturated carbocycles. The van der Waals surface area contributed by atoms with E-state index in [1.165, 1.54) is 5.56 Å². The predicted molar refractivity (Wildman–Crippen MR) is 123 cm³/mol. The molecule has 0 bridgehead atoms. The van der Waals surface area contributed by atoms with Crippen LogP contribution in [0.3, 0.4) is 0 Å². The molecule has 1 aromatic carbocycles. The van der Waals surface area contributed by atoms with Gasteiger partial charge in [-0.25, -0.2) is 0 Å². The van der Waals surface area contributed by atoms with Crippen molar-refractivity contribution in [1.82, 2.24) is 14.7 Å². The highest BCUT2D eigenvalue weighted by molar-refractivity contribution is 5.91. The number of piperidine rings is 1. The zero-order valence-corrected chi connectivity index (χ0v) is 19.4. The largest absolute Gasteiger partial charge is 0.453 e. The zero-order chi connectivity index (χ0) is 22.8. The highest BCUT2D eigenvalue weighted by atomic mass is 16.5. The number of hydrogen-bond donors (Lipinski definition) is 0. The monoisotopic (exact) mass is 451 g/mol. The summed E-state index contributed by atoms with van der Waals surface area (Å²) in [4.78, 5) is 32.3. The van der Waals surface area contributed by atoms with Crippen molar-refractivity contribution in [3.05, 3.63) is 59.5 Å². The van der Waals surface area contributed by atoms with E-state index in [1.807, 2.05) is 11.0 Å². The van der Waals surface area contributed by atoms with Crippen molar-refractivity contribution >= 4 is 11.8 Å². The van der Waals surface area contributed by atoms with E-state index in [-0.39, 0.29) is 17.2 Å². The van der Waals surface area contributed by atoms with Crippen LogP contribution in [0.4, 0.5) is 0 Å². The molecule has 2 aromatic rings. The van der Waals surface area contributed by atoms with E-state index in [0.29, 0.717) is 37.1 Å². The second-order valence-electron chi connectivity index (χ2n) is 9.70. The van der Waals surface area contributed by atoms with Crippen LogP contribution in [0.15, 0.2) is 46.9 Å². The third-order valence-corrected chi connectivity index (χ3v) is 7.63. The summed E-state index contributed by atoms with van der Waals surface area (Å²) in [5.41, 5.74) is 1.42. The van der Waals surface area contributed by atoms with Crippen LogP contribution >= 0.6 is 0 Å². The smallest absolute Gasteiger partial charge is 0.289 e. The van der Waals surface area contributed by atoms with Crippen LogP contribution in [-0.2, 0) is 22.7 Å². The maximum absolute atomic E-state index is 13.2. The molecule has 1 aromatic heterocycles. The normalized spacial score (nSPS) is 22.5. The molecule has 1 atom stereocenters. The Morgan fingerprint density at radius 2 is 1.70 bits per heavy atom. The van der Waals surface area contributed by atoms with Crippen molar-refractivity contribution in [2.75, 3.05) is 46.4 Å². The van der Waals surface area contributed by atoms with Crippen LogP contribution in [0.2, 0.25) is 0 Å². The first-order valence-corrected chi connectivity index (χ1v) is 12.0. The topological polar surface area (TPSA) is 66.2 Å². The standard InChI is InChI=1S/C26H33N3O4/c1-32-19-21-7-8-23(33-21)25(31)28-11-9-26(10-12-28)17-22(26)24(30)29-15-13-27(14-16-29)18-20-5-3-2-4-6-20/h2-8,22H,9-19H2,1H3/t22-/m1/s1. The Balaban J connectivity index is 1.09. The van der Waals surface area contributed by atoms with Gasteiger partial charge in [-0.15, -0.1) is 0 Å². The van der Waals surface area contributed by atoms with Crippen LogP contribution in [-0.4, -0.2) is 72.9 Å². The first kappa shape index (κ1) is 22.2. The van der Waals surface area contributed by atoms with E-state index in [2.05, 4.69) is 34.1 Å². The number of piperazine rings is 1. The van der Waals surface area contributed by atoms with Gasteiger partial charge in [-0.3, -0.25) is 14.5 Å². The lowest BCUT2D eigenvalue weighted by molar-refractivity contribution is -0.135. The molecule has 0 N–H and O–H groups in total. The van der Waals surface area contributed by atoms with Crippen molar-refractivity contribution in [3.63, 3.8) is 0 Å². The number of carbonyl (C=O) groups excluding carboxylic acids is 2. The molecule has 0 unspecified atom stereocenters. The van der Waals surface area contributed by atoms with Gasteiger partial charge in [-0.2, -0.15) is 0 Å². The number of carbonyl (C=O) groups is 2. The van der Waals surface area contributed by atoms with Crippen molar-refractivity contribution in [1.29, 1.82) is 0 Å². The van der Waals surface area contributed by atoms with Gasteiger partial charge >= 0.3 is 0 Å². The Morgan fingerprint density at radius 3 is 2.39 bits per heavy atom. The number of nitrogens with zero attached hydrogens (tertiary/aromatic N) is 3. The molecular formula is C26H33N3O4. The van der Waals surface area contributed by atoms with Gasteiger partial charge in [0.1, 0.15) is 12.4 Å². The van der Waals surface area contributed by atoms with Gasteiger partial charge in [0.15, 0.2) is 5.76 Å². The number of likely N-dealkylation sites (tertiary alicyclic amines) is 1. The van der Waals surface area contributed by atoms with E-state index in [4.69, 9.17) is 9.15 Å². The van der Waals surface area contributed by atoms with E-state index in [1.54, 1.807) is 19.2 Å². The van der Waals surface area contributed by atoms with Crippen LogP contribution in [0.25, 0.3) is 0 Å². The van der Waals surface area contributed by atoms with Crippen LogP contribution in [0.5, 0.6) is 0 Å². The average molecular weight is 452 g/mol. The molecule has 2 amide bonds. The Bertz CT molecular complexity index is 972. The lowest BCUT2D eigenvalue weighted by atomic mass is 9.90. The lowest BCUT2D eigenvalue weighted by Crippen LogP contribution is -2.49. The molecule has 3 heterocycles. The fourth-order valence-corrected chi connectivity index (χ4v) is 5.46. The molecule has 7 nitrogen and oxygen atoms in total. The summed E-state index contributed by atoms with van der Waals surface area (Å²) in [5.74, 6) is 1.42. The summed E-state index contributed by atoms with van der Waals surface area (Å²) in [5, 5.41) is 0. The zero-order valence-electron chi connectivity index (χ0n) is 19.4. The van der Waals surface area contributed by atoms with Gasteiger partial charge in [-0.1, -0.05) is 30.3 Å². The second kappa shape index (κ2) is 9.31. The van der Waals surface area contributed by atoms with Crippen LogP contribution in [0, 0.1) is 11.3 Å². The van der Waals surface area contributed by atoms with E-state index >= 15 is 0 Å². The summed E-state index contributed by atoms with van der Waals surface area (Å²) in [6, 6.07) is 14.0. The molecular weight excluding hydrogens is 418 g/mol. The summed E-state index contributed by atoms with van der Waals surface area (Å²) in [6.45, 7) is 6.16. The number of ether oxygens (including phenoxy) is 1. The lowest BCUT2D eigenvalue weighted by Gasteiger charge is -2.36.